The van der Waals surface area contributed by atoms with Crippen LogP contribution in [0.25, 0.3) is 0 Å². The Bertz CT molecular complexity index is 428. The number of carbonyl (C=O) groups is 1. The van der Waals surface area contributed by atoms with E-state index in [2.05, 4.69) is 9.26 Å². The van der Waals surface area contributed by atoms with Gasteiger partial charge in [-0.2, -0.15) is 0 Å². The van der Waals surface area contributed by atoms with Crippen LogP contribution in [0.1, 0.15) is 12.0 Å². The Hall–Kier alpha value is -1.40. The summed E-state index contributed by atoms with van der Waals surface area (Å²) in [4.78, 5) is 27.9. The van der Waals surface area contributed by atoms with E-state index in [0.29, 0.717) is 0 Å². The molecular formula is C11H15O7P. The van der Waals surface area contributed by atoms with Gasteiger partial charge >= 0.3 is 14.0 Å². The number of phosphoric ester groups is 1. The summed E-state index contributed by atoms with van der Waals surface area (Å²) in [6.07, 6.45) is -0.661. The topological polar surface area (TPSA) is 102 Å². The first kappa shape index (κ1) is 15.7. The molecule has 0 aliphatic carbocycles. The second-order valence-electron chi connectivity index (χ2n) is 3.55. The Morgan fingerprint density at radius 3 is 2.42 bits per heavy atom. The minimum Gasteiger partial charge on any atom is -0.434 e. The Morgan fingerprint density at radius 1 is 1.11 bits per heavy atom. The first-order valence-electron chi connectivity index (χ1n) is 5.51. The SMILES string of the molecule is O=C(OCCCOP(=O)(O)O)OCc1ccccc1. The number of ether oxygens (including phenoxy) is 2. The third kappa shape index (κ3) is 8.34. The van der Waals surface area contributed by atoms with E-state index in [0.717, 1.165) is 5.56 Å². The minimum absolute atomic E-state index is 0.0341. The smallest absolute Gasteiger partial charge is 0.434 e. The van der Waals surface area contributed by atoms with E-state index in [1.54, 1.807) is 12.1 Å². The highest BCUT2D eigenvalue weighted by atomic mass is 31.2. The molecule has 0 aromatic heterocycles. The van der Waals surface area contributed by atoms with Crippen molar-refractivity contribution >= 4 is 14.0 Å². The predicted molar refractivity (Wildman–Crippen MR) is 65.2 cm³/mol. The molecule has 0 atom stereocenters. The Kier molecular flexibility index (Phi) is 6.52. The monoisotopic (exact) mass is 290 g/mol. The van der Waals surface area contributed by atoms with Gasteiger partial charge in [0.15, 0.2) is 0 Å². The lowest BCUT2D eigenvalue weighted by Crippen LogP contribution is -2.09. The van der Waals surface area contributed by atoms with Crippen molar-refractivity contribution in [2.24, 2.45) is 0 Å². The molecule has 7 nitrogen and oxygen atoms in total. The molecule has 1 aromatic carbocycles. The van der Waals surface area contributed by atoms with Gasteiger partial charge in [0.05, 0.1) is 13.2 Å². The Balaban J connectivity index is 2.07. The van der Waals surface area contributed by atoms with Crippen LogP contribution >= 0.6 is 7.82 Å². The summed E-state index contributed by atoms with van der Waals surface area (Å²) >= 11 is 0. The predicted octanol–water partition coefficient (Wildman–Crippen LogP) is 1.84. The third-order valence-electron chi connectivity index (χ3n) is 1.97. The molecule has 0 spiro atoms. The second kappa shape index (κ2) is 7.91. The number of hydrogen-bond donors (Lipinski definition) is 2. The molecular weight excluding hydrogens is 275 g/mol. The van der Waals surface area contributed by atoms with E-state index in [1.807, 2.05) is 18.2 Å². The highest BCUT2D eigenvalue weighted by Crippen LogP contribution is 2.35. The van der Waals surface area contributed by atoms with Crippen LogP contribution in [0.4, 0.5) is 4.79 Å². The molecule has 0 radical (unpaired) electrons. The van der Waals surface area contributed by atoms with Crippen molar-refractivity contribution < 1.29 is 33.1 Å². The number of carbonyl (C=O) groups excluding carboxylic acids is 1. The molecule has 1 rings (SSSR count). The summed E-state index contributed by atoms with van der Waals surface area (Å²) in [5.41, 5.74) is 0.837. The summed E-state index contributed by atoms with van der Waals surface area (Å²) in [5.74, 6) is 0. The fraction of sp³-hybridized carbons (Fsp3) is 0.364. The summed E-state index contributed by atoms with van der Waals surface area (Å²) in [7, 11) is -4.45. The van der Waals surface area contributed by atoms with Crippen LogP contribution in [-0.4, -0.2) is 29.2 Å². The zero-order valence-electron chi connectivity index (χ0n) is 10.1. The molecule has 0 heterocycles. The van der Waals surface area contributed by atoms with Gasteiger partial charge in [-0.1, -0.05) is 30.3 Å². The standard InChI is InChI=1S/C11H15O7P/c12-11(16-7-4-8-18-19(13,14)15)17-9-10-5-2-1-3-6-10/h1-3,5-6H,4,7-9H2,(H2,13,14,15). The largest absolute Gasteiger partial charge is 0.508 e. The maximum atomic E-state index is 11.1. The number of benzene rings is 1. The molecule has 0 aliphatic rings. The van der Waals surface area contributed by atoms with Crippen LogP contribution in [0.3, 0.4) is 0 Å². The average Bonchev–Trinajstić information content (AvgIpc) is 2.36. The fourth-order valence-electron chi connectivity index (χ4n) is 1.16. The molecule has 0 unspecified atom stereocenters. The van der Waals surface area contributed by atoms with Crippen LogP contribution in [-0.2, 0) is 25.2 Å². The number of hydrogen-bond acceptors (Lipinski definition) is 5. The van der Waals surface area contributed by atoms with Gasteiger partial charge in [-0.15, -0.1) is 0 Å². The molecule has 0 amide bonds. The van der Waals surface area contributed by atoms with Crippen molar-refractivity contribution in [3.63, 3.8) is 0 Å². The Labute approximate surface area is 110 Å². The van der Waals surface area contributed by atoms with Crippen molar-refractivity contribution in [1.82, 2.24) is 0 Å². The average molecular weight is 290 g/mol. The van der Waals surface area contributed by atoms with E-state index in [1.165, 1.54) is 0 Å². The van der Waals surface area contributed by atoms with Crippen LogP contribution < -0.4 is 0 Å². The van der Waals surface area contributed by atoms with Crippen molar-refractivity contribution in [3.8, 4) is 0 Å². The van der Waals surface area contributed by atoms with Crippen LogP contribution in [0.15, 0.2) is 30.3 Å². The lowest BCUT2D eigenvalue weighted by atomic mass is 10.2. The lowest BCUT2D eigenvalue weighted by Gasteiger charge is -2.07. The molecule has 106 valence electrons. The second-order valence-corrected chi connectivity index (χ2v) is 4.79. The van der Waals surface area contributed by atoms with Gasteiger partial charge in [0, 0.05) is 6.42 Å². The van der Waals surface area contributed by atoms with Gasteiger partial charge in [-0.25, -0.2) is 9.36 Å². The number of phosphoric acid groups is 1. The zero-order valence-corrected chi connectivity index (χ0v) is 11.0. The molecule has 19 heavy (non-hydrogen) atoms. The van der Waals surface area contributed by atoms with Gasteiger partial charge in [0.1, 0.15) is 6.61 Å². The van der Waals surface area contributed by atoms with Crippen LogP contribution in [0, 0.1) is 0 Å². The summed E-state index contributed by atoms with van der Waals surface area (Å²) in [6.45, 7) is -0.122. The first-order chi connectivity index (χ1) is 8.97. The molecule has 0 fully saturated rings. The molecule has 1 aromatic rings. The van der Waals surface area contributed by atoms with Gasteiger partial charge in [-0.3, -0.25) is 4.52 Å². The van der Waals surface area contributed by atoms with Crippen LogP contribution in [0.5, 0.6) is 0 Å². The highest BCUT2D eigenvalue weighted by molar-refractivity contribution is 7.46. The summed E-state index contributed by atoms with van der Waals surface area (Å²) < 4.78 is 24.0. The number of rotatable bonds is 7. The van der Waals surface area contributed by atoms with E-state index >= 15 is 0 Å². The maximum absolute atomic E-state index is 11.1. The van der Waals surface area contributed by atoms with Gasteiger partial charge in [-0.05, 0) is 5.56 Å². The molecule has 2 N–H and O–H groups in total. The maximum Gasteiger partial charge on any atom is 0.508 e. The van der Waals surface area contributed by atoms with Crippen molar-refractivity contribution in [2.75, 3.05) is 13.2 Å². The fourth-order valence-corrected chi connectivity index (χ4v) is 1.52. The lowest BCUT2D eigenvalue weighted by molar-refractivity contribution is 0.0460. The molecule has 0 bridgehead atoms. The molecule has 0 saturated carbocycles. The van der Waals surface area contributed by atoms with Gasteiger partial charge in [0.25, 0.3) is 0 Å². The van der Waals surface area contributed by atoms with Crippen LogP contribution in [0.2, 0.25) is 0 Å². The normalized spacial score (nSPS) is 11.1. The molecule has 8 heteroatoms. The van der Waals surface area contributed by atoms with Crippen molar-refractivity contribution in [1.29, 1.82) is 0 Å². The summed E-state index contributed by atoms with van der Waals surface area (Å²) in [6, 6.07) is 9.11. The van der Waals surface area contributed by atoms with Gasteiger partial charge < -0.3 is 19.3 Å². The molecule has 0 saturated heterocycles. The third-order valence-corrected chi connectivity index (χ3v) is 2.49. The quantitative estimate of drug-likeness (QED) is 0.448. The highest BCUT2D eigenvalue weighted by Gasteiger charge is 2.13. The summed E-state index contributed by atoms with van der Waals surface area (Å²) in [5, 5.41) is 0. The first-order valence-corrected chi connectivity index (χ1v) is 7.04. The minimum atomic E-state index is -4.45. The van der Waals surface area contributed by atoms with Crippen molar-refractivity contribution in [2.45, 2.75) is 13.0 Å². The van der Waals surface area contributed by atoms with E-state index in [-0.39, 0.29) is 26.2 Å². The van der Waals surface area contributed by atoms with E-state index in [4.69, 9.17) is 14.5 Å². The van der Waals surface area contributed by atoms with E-state index < -0.39 is 14.0 Å². The van der Waals surface area contributed by atoms with Gasteiger partial charge in [0.2, 0.25) is 0 Å². The molecule has 0 aliphatic heterocycles. The van der Waals surface area contributed by atoms with E-state index in [9.17, 15) is 9.36 Å². The Morgan fingerprint density at radius 2 is 1.79 bits per heavy atom. The van der Waals surface area contributed by atoms with Crippen molar-refractivity contribution in [3.05, 3.63) is 35.9 Å². The zero-order chi connectivity index (χ0) is 14.1.